The normalized spacial score (nSPS) is 11.6. The van der Waals surface area contributed by atoms with Crippen LogP contribution >= 0.6 is 0 Å². The first-order valence-electron chi connectivity index (χ1n) is 17.1. The second-order valence-electron chi connectivity index (χ2n) is 12.9. The summed E-state index contributed by atoms with van der Waals surface area (Å²) in [6.45, 7) is 0. The molecule has 2 nitrogen and oxygen atoms in total. The van der Waals surface area contributed by atoms with Gasteiger partial charge >= 0.3 is 0 Å². The van der Waals surface area contributed by atoms with E-state index in [1.165, 1.54) is 54.6 Å². The van der Waals surface area contributed by atoms with Crippen LogP contribution in [0, 0.1) is 0 Å². The Balaban J connectivity index is 1.26. The average Bonchev–Trinajstić information content (AvgIpc) is 3.58. The Morgan fingerprint density at radius 3 is 1.74 bits per heavy atom. The monoisotopic (exact) mass is 637 g/mol. The lowest BCUT2D eigenvalue weighted by atomic mass is 9.95. The molecule has 1 aromatic heterocycles. The molecule has 10 rings (SSSR count). The number of hydrogen-bond donors (Lipinski definition) is 0. The lowest BCUT2D eigenvalue weighted by Crippen LogP contribution is -2.10. The molecule has 0 N–H and O–H groups in total. The van der Waals surface area contributed by atoms with E-state index in [9.17, 15) is 0 Å². The summed E-state index contributed by atoms with van der Waals surface area (Å²) in [5, 5.41) is 9.53. The van der Waals surface area contributed by atoms with Gasteiger partial charge in [-0.3, -0.25) is 0 Å². The first-order chi connectivity index (χ1) is 24.8. The molecule has 0 bridgehead atoms. The Morgan fingerprint density at radius 1 is 0.360 bits per heavy atom. The van der Waals surface area contributed by atoms with E-state index in [-0.39, 0.29) is 0 Å². The highest BCUT2D eigenvalue weighted by molar-refractivity contribution is 6.24. The molecule has 9 aromatic carbocycles. The quantitative estimate of drug-likeness (QED) is 0.175. The summed E-state index contributed by atoms with van der Waals surface area (Å²) in [4.78, 5) is 2.37. The zero-order chi connectivity index (χ0) is 33.0. The molecule has 10 aromatic rings. The third kappa shape index (κ3) is 4.50. The van der Waals surface area contributed by atoms with Gasteiger partial charge in [-0.25, -0.2) is 0 Å². The molecule has 2 heteroatoms. The van der Waals surface area contributed by atoms with Crippen LogP contribution in [-0.2, 0) is 0 Å². The zero-order valence-electron chi connectivity index (χ0n) is 27.3. The van der Waals surface area contributed by atoms with Crippen LogP contribution in [-0.4, -0.2) is 0 Å². The first-order valence-corrected chi connectivity index (χ1v) is 17.1. The third-order valence-electron chi connectivity index (χ3n) is 10.0. The maximum Gasteiger partial charge on any atom is 0.159 e. The number of furan rings is 1. The van der Waals surface area contributed by atoms with Crippen LogP contribution in [0.25, 0.3) is 76.5 Å². The number of nitrogens with zero attached hydrogens (tertiary/aromatic N) is 1. The van der Waals surface area contributed by atoms with Gasteiger partial charge in [-0.2, -0.15) is 0 Å². The van der Waals surface area contributed by atoms with Gasteiger partial charge in [0.15, 0.2) is 5.58 Å². The molecule has 1 heterocycles. The van der Waals surface area contributed by atoms with Gasteiger partial charge in [0.1, 0.15) is 5.58 Å². The smallest absolute Gasteiger partial charge is 0.159 e. The first kappa shape index (κ1) is 28.4. The number of rotatable bonds is 5. The summed E-state index contributed by atoms with van der Waals surface area (Å²) < 4.78 is 7.01. The molecule has 234 valence electrons. The minimum Gasteiger partial charge on any atom is -0.454 e. The molecule has 0 spiro atoms. The Labute approximate surface area is 290 Å². The van der Waals surface area contributed by atoms with Crippen molar-refractivity contribution < 1.29 is 4.42 Å². The molecular weight excluding hydrogens is 607 g/mol. The van der Waals surface area contributed by atoms with Crippen molar-refractivity contribution in [3.8, 4) is 22.3 Å². The van der Waals surface area contributed by atoms with Crippen molar-refractivity contribution in [3.63, 3.8) is 0 Å². The molecule has 0 unspecified atom stereocenters. The lowest BCUT2D eigenvalue weighted by molar-refractivity contribution is 0.669. The van der Waals surface area contributed by atoms with E-state index in [1.807, 2.05) is 0 Å². The Bertz CT molecular complexity index is 2850. The Hall–Kier alpha value is -6.64. The van der Waals surface area contributed by atoms with E-state index in [4.69, 9.17) is 4.42 Å². The van der Waals surface area contributed by atoms with Gasteiger partial charge in [-0.15, -0.1) is 0 Å². The summed E-state index contributed by atoms with van der Waals surface area (Å²) in [6.07, 6.45) is 0. The molecule has 0 aliphatic carbocycles. The third-order valence-corrected chi connectivity index (χ3v) is 10.0. The maximum absolute atomic E-state index is 7.01. The van der Waals surface area contributed by atoms with Gasteiger partial charge in [0.25, 0.3) is 0 Å². The Kier molecular flexibility index (Phi) is 6.53. The molecule has 0 aliphatic heterocycles. The topological polar surface area (TPSA) is 16.4 Å². The molecule has 0 radical (unpaired) electrons. The minimum absolute atomic E-state index is 0.864. The fourth-order valence-electron chi connectivity index (χ4n) is 7.74. The molecule has 0 aliphatic rings. The number of fused-ring (bicyclic) bond motifs is 8. The van der Waals surface area contributed by atoms with Crippen molar-refractivity contribution in [2.45, 2.75) is 0 Å². The van der Waals surface area contributed by atoms with Gasteiger partial charge in [-0.05, 0) is 79.5 Å². The second kappa shape index (κ2) is 11.5. The van der Waals surface area contributed by atoms with Crippen LogP contribution in [0.5, 0.6) is 0 Å². The van der Waals surface area contributed by atoms with E-state index in [0.717, 1.165) is 39.0 Å². The van der Waals surface area contributed by atoms with Crippen molar-refractivity contribution >= 4 is 71.3 Å². The number of anilines is 3. The molecular formula is C48H31NO. The minimum atomic E-state index is 0.864. The summed E-state index contributed by atoms with van der Waals surface area (Å²) in [6, 6.07) is 67.3. The van der Waals surface area contributed by atoms with Crippen LogP contribution in [0.2, 0.25) is 0 Å². The Morgan fingerprint density at radius 2 is 0.960 bits per heavy atom. The van der Waals surface area contributed by atoms with Crippen LogP contribution in [0.4, 0.5) is 17.1 Å². The van der Waals surface area contributed by atoms with Crippen LogP contribution in [0.15, 0.2) is 192 Å². The van der Waals surface area contributed by atoms with Crippen LogP contribution in [0.1, 0.15) is 0 Å². The van der Waals surface area contributed by atoms with Gasteiger partial charge in [0, 0.05) is 21.8 Å². The van der Waals surface area contributed by atoms with Crippen molar-refractivity contribution in [1.29, 1.82) is 0 Å². The second-order valence-corrected chi connectivity index (χ2v) is 12.9. The van der Waals surface area contributed by atoms with E-state index in [1.54, 1.807) is 0 Å². The highest BCUT2D eigenvalue weighted by Crippen LogP contribution is 2.47. The van der Waals surface area contributed by atoms with E-state index >= 15 is 0 Å². The summed E-state index contributed by atoms with van der Waals surface area (Å²) in [5.74, 6) is 0. The maximum atomic E-state index is 7.01. The van der Waals surface area contributed by atoms with Crippen molar-refractivity contribution in [2.75, 3.05) is 4.90 Å². The summed E-state index contributed by atoms with van der Waals surface area (Å²) in [7, 11) is 0. The predicted octanol–water partition coefficient (Wildman–Crippen LogP) is 13.8. The predicted molar refractivity (Wildman–Crippen MR) is 212 cm³/mol. The average molecular weight is 638 g/mol. The fraction of sp³-hybridized carbons (Fsp3) is 0. The highest BCUT2D eigenvalue weighted by atomic mass is 16.3. The number of hydrogen-bond acceptors (Lipinski definition) is 2. The summed E-state index contributed by atoms with van der Waals surface area (Å²) >= 11 is 0. The lowest BCUT2D eigenvalue weighted by Gasteiger charge is -2.27. The van der Waals surface area contributed by atoms with Gasteiger partial charge in [-0.1, -0.05) is 158 Å². The van der Waals surface area contributed by atoms with Crippen LogP contribution < -0.4 is 4.90 Å². The van der Waals surface area contributed by atoms with Crippen molar-refractivity contribution in [3.05, 3.63) is 188 Å². The van der Waals surface area contributed by atoms with Crippen molar-refractivity contribution in [2.24, 2.45) is 0 Å². The largest absolute Gasteiger partial charge is 0.454 e. The molecule has 0 amide bonds. The SMILES string of the molecule is c1ccc(-c2ccc(N(c3cccc4c3ccc3ccccc34)c3cccc4c3oc3cc(-c5ccccc5)c5ccccc5c34)cc2)cc1. The fourth-order valence-corrected chi connectivity index (χ4v) is 7.74. The highest BCUT2D eigenvalue weighted by Gasteiger charge is 2.23. The van der Waals surface area contributed by atoms with E-state index in [2.05, 4.69) is 193 Å². The molecule has 0 saturated heterocycles. The summed E-state index contributed by atoms with van der Waals surface area (Å²) in [5.41, 5.74) is 9.63. The zero-order valence-corrected chi connectivity index (χ0v) is 27.3. The standard InChI is InChI=1S/C48H31NO/c1-3-13-32(14-4-1)33-25-28-36(29-26-33)49(44-23-11-21-38-37-18-8-7-17-35(37)27-30-40(38)44)45-24-12-22-42-47-41-20-10-9-19-39(41)43(31-46(47)50-48(42)45)34-15-5-2-6-16-34/h1-31H. The van der Waals surface area contributed by atoms with Gasteiger partial charge in [0.2, 0.25) is 0 Å². The molecule has 50 heavy (non-hydrogen) atoms. The number of para-hydroxylation sites is 1. The van der Waals surface area contributed by atoms with Crippen LogP contribution in [0.3, 0.4) is 0 Å². The van der Waals surface area contributed by atoms with Gasteiger partial charge in [0.05, 0.1) is 11.4 Å². The van der Waals surface area contributed by atoms with E-state index in [0.29, 0.717) is 0 Å². The van der Waals surface area contributed by atoms with Gasteiger partial charge < -0.3 is 9.32 Å². The molecule has 0 saturated carbocycles. The van der Waals surface area contributed by atoms with E-state index < -0.39 is 0 Å². The molecule has 0 fully saturated rings. The molecule has 0 atom stereocenters. The van der Waals surface area contributed by atoms with Crippen molar-refractivity contribution in [1.82, 2.24) is 0 Å². The number of benzene rings is 9.